The first kappa shape index (κ1) is 10.2. The molecule has 0 bridgehead atoms. The molecule has 0 aliphatic heterocycles. The van der Waals surface area contributed by atoms with Crippen LogP contribution in [0, 0.1) is 17.2 Å². The standard InChI is InChI=1S/C10H17N/c1-4-6-10(8-11)7-9(3)5-2/h7,9H,4-6H2,1-3H3. The molecule has 0 heterocycles. The lowest BCUT2D eigenvalue weighted by Gasteiger charge is -2.01. The monoisotopic (exact) mass is 151 g/mol. The third kappa shape index (κ3) is 4.61. The highest BCUT2D eigenvalue weighted by molar-refractivity contribution is 5.20. The van der Waals surface area contributed by atoms with Gasteiger partial charge in [0.15, 0.2) is 0 Å². The Balaban J connectivity index is 4.02. The van der Waals surface area contributed by atoms with E-state index in [2.05, 4.69) is 32.9 Å². The normalized spacial score (nSPS) is 14.2. The highest BCUT2D eigenvalue weighted by atomic mass is 14.2. The van der Waals surface area contributed by atoms with Gasteiger partial charge in [-0.2, -0.15) is 5.26 Å². The third-order valence-corrected chi connectivity index (χ3v) is 1.79. The number of nitrogens with zero attached hydrogens (tertiary/aromatic N) is 1. The molecule has 0 aliphatic rings. The molecule has 1 nitrogen and oxygen atoms in total. The molecular weight excluding hydrogens is 134 g/mol. The number of allylic oxidation sites excluding steroid dienone is 2. The molecule has 0 saturated heterocycles. The first-order chi connectivity index (χ1) is 5.24. The SMILES string of the molecule is CCCC(C#N)=CC(C)CC. The van der Waals surface area contributed by atoms with Crippen molar-refractivity contribution in [3.05, 3.63) is 11.6 Å². The molecule has 1 heteroatoms. The van der Waals surface area contributed by atoms with Gasteiger partial charge in [-0.25, -0.2) is 0 Å². The average molecular weight is 151 g/mol. The van der Waals surface area contributed by atoms with E-state index in [0.717, 1.165) is 24.8 Å². The second kappa shape index (κ2) is 5.97. The summed E-state index contributed by atoms with van der Waals surface area (Å²) in [7, 11) is 0. The second-order valence-electron chi connectivity index (χ2n) is 2.94. The van der Waals surface area contributed by atoms with Crippen LogP contribution in [0.3, 0.4) is 0 Å². The summed E-state index contributed by atoms with van der Waals surface area (Å²) in [5.74, 6) is 0.552. The minimum absolute atomic E-state index is 0.552. The van der Waals surface area contributed by atoms with Crippen LogP contribution >= 0.6 is 0 Å². The number of nitriles is 1. The van der Waals surface area contributed by atoms with Crippen molar-refractivity contribution in [1.29, 1.82) is 5.26 Å². The fraction of sp³-hybridized carbons (Fsp3) is 0.700. The van der Waals surface area contributed by atoms with E-state index in [1.165, 1.54) is 0 Å². The Labute approximate surface area is 69.7 Å². The quantitative estimate of drug-likeness (QED) is 0.566. The first-order valence-corrected chi connectivity index (χ1v) is 4.35. The lowest BCUT2D eigenvalue weighted by molar-refractivity contribution is 0.690. The molecule has 62 valence electrons. The number of rotatable bonds is 4. The maximum atomic E-state index is 8.68. The summed E-state index contributed by atoms with van der Waals surface area (Å²) in [4.78, 5) is 0. The van der Waals surface area contributed by atoms with E-state index in [0.29, 0.717) is 5.92 Å². The predicted molar refractivity (Wildman–Crippen MR) is 48.1 cm³/mol. The maximum Gasteiger partial charge on any atom is 0.0943 e. The zero-order valence-electron chi connectivity index (χ0n) is 7.72. The molecule has 0 spiro atoms. The van der Waals surface area contributed by atoms with Gasteiger partial charge in [-0.05, 0) is 12.3 Å². The van der Waals surface area contributed by atoms with Gasteiger partial charge in [0.25, 0.3) is 0 Å². The molecule has 0 aromatic rings. The summed E-state index contributed by atoms with van der Waals surface area (Å²) in [5.41, 5.74) is 0.946. The van der Waals surface area contributed by atoms with E-state index in [-0.39, 0.29) is 0 Å². The second-order valence-corrected chi connectivity index (χ2v) is 2.94. The molecule has 0 fully saturated rings. The van der Waals surface area contributed by atoms with Crippen LogP contribution in [0.2, 0.25) is 0 Å². The molecule has 0 N–H and O–H groups in total. The van der Waals surface area contributed by atoms with Crippen LogP contribution in [0.15, 0.2) is 11.6 Å². The van der Waals surface area contributed by atoms with E-state index in [1.807, 2.05) is 0 Å². The summed E-state index contributed by atoms with van der Waals surface area (Å²) in [5, 5.41) is 8.68. The minimum Gasteiger partial charge on any atom is -0.193 e. The number of hydrogen-bond donors (Lipinski definition) is 0. The minimum atomic E-state index is 0.552. The van der Waals surface area contributed by atoms with Crippen LogP contribution in [0.4, 0.5) is 0 Å². The van der Waals surface area contributed by atoms with Gasteiger partial charge in [0.2, 0.25) is 0 Å². The van der Waals surface area contributed by atoms with Gasteiger partial charge in [0.05, 0.1) is 6.07 Å². The van der Waals surface area contributed by atoms with Gasteiger partial charge < -0.3 is 0 Å². The van der Waals surface area contributed by atoms with Gasteiger partial charge in [0, 0.05) is 5.57 Å². The van der Waals surface area contributed by atoms with Crippen molar-refractivity contribution in [2.24, 2.45) is 5.92 Å². The first-order valence-electron chi connectivity index (χ1n) is 4.35. The molecule has 1 atom stereocenters. The van der Waals surface area contributed by atoms with Crippen molar-refractivity contribution < 1.29 is 0 Å². The van der Waals surface area contributed by atoms with Crippen LogP contribution in [0.25, 0.3) is 0 Å². The molecule has 0 aromatic carbocycles. The summed E-state index contributed by atoms with van der Waals surface area (Å²) >= 11 is 0. The topological polar surface area (TPSA) is 23.8 Å². The Kier molecular flexibility index (Phi) is 5.56. The molecule has 0 aliphatic carbocycles. The van der Waals surface area contributed by atoms with Gasteiger partial charge in [-0.15, -0.1) is 0 Å². The van der Waals surface area contributed by atoms with E-state index >= 15 is 0 Å². The molecule has 0 aromatic heterocycles. The Morgan fingerprint density at radius 2 is 2.18 bits per heavy atom. The summed E-state index contributed by atoms with van der Waals surface area (Å²) in [6, 6.07) is 2.23. The molecule has 0 radical (unpaired) electrons. The molecular formula is C10H17N. The molecule has 11 heavy (non-hydrogen) atoms. The zero-order valence-corrected chi connectivity index (χ0v) is 7.72. The van der Waals surface area contributed by atoms with Crippen molar-refractivity contribution in [1.82, 2.24) is 0 Å². The van der Waals surface area contributed by atoms with Crippen molar-refractivity contribution in [3.8, 4) is 6.07 Å². The summed E-state index contributed by atoms with van der Waals surface area (Å²) in [6.45, 7) is 6.39. The van der Waals surface area contributed by atoms with E-state index in [4.69, 9.17) is 5.26 Å². The molecule has 1 unspecified atom stereocenters. The Bertz CT molecular complexity index is 162. The highest BCUT2D eigenvalue weighted by Crippen LogP contribution is 2.10. The lowest BCUT2D eigenvalue weighted by Crippen LogP contribution is -1.88. The average Bonchev–Trinajstić information content (AvgIpc) is 2.03. The predicted octanol–water partition coefficient (Wildman–Crippen LogP) is 3.28. The van der Waals surface area contributed by atoms with Crippen LogP contribution in [-0.4, -0.2) is 0 Å². The van der Waals surface area contributed by atoms with E-state index in [1.54, 1.807) is 0 Å². The van der Waals surface area contributed by atoms with Gasteiger partial charge in [-0.3, -0.25) is 0 Å². The van der Waals surface area contributed by atoms with Gasteiger partial charge in [0.1, 0.15) is 0 Å². The molecule has 0 amide bonds. The Morgan fingerprint density at radius 1 is 1.55 bits per heavy atom. The van der Waals surface area contributed by atoms with Crippen molar-refractivity contribution in [2.75, 3.05) is 0 Å². The summed E-state index contributed by atoms with van der Waals surface area (Å²) < 4.78 is 0. The van der Waals surface area contributed by atoms with Crippen LogP contribution < -0.4 is 0 Å². The van der Waals surface area contributed by atoms with Crippen molar-refractivity contribution in [3.63, 3.8) is 0 Å². The van der Waals surface area contributed by atoms with Gasteiger partial charge in [-0.1, -0.05) is 39.7 Å². The molecule has 0 saturated carbocycles. The zero-order chi connectivity index (χ0) is 8.69. The maximum absolute atomic E-state index is 8.68. The number of hydrogen-bond acceptors (Lipinski definition) is 1. The Morgan fingerprint density at radius 3 is 2.55 bits per heavy atom. The molecule has 0 rings (SSSR count). The third-order valence-electron chi connectivity index (χ3n) is 1.79. The van der Waals surface area contributed by atoms with Crippen LogP contribution in [-0.2, 0) is 0 Å². The Hall–Kier alpha value is -0.770. The van der Waals surface area contributed by atoms with Gasteiger partial charge >= 0.3 is 0 Å². The van der Waals surface area contributed by atoms with Crippen LogP contribution in [0.5, 0.6) is 0 Å². The van der Waals surface area contributed by atoms with Crippen LogP contribution in [0.1, 0.15) is 40.0 Å². The van der Waals surface area contributed by atoms with Crippen molar-refractivity contribution >= 4 is 0 Å². The summed E-state index contributed by atoms with van der Waals surface area (Å²) in [6.07, 6.45) is 5.20. The van der Waals surface area contributed by atoms with E-state index in [9.17, 15) is 0 Å². The lowest BCUT2D eigenvalue weighted by atomic mass is 10.0. The highest BCUT2D eigenvalue weighted by Gasteiger charge is 1.97. The largest absolute Gasteiger partial charge is 0.193 e. The fourth-order valence-corrected chi connectivity index (χ4v) is 0.907. The van der Waals surface area contributed by atoms with E-state index < -0.39 is 0 Å². The van der Waals surface area contributed by atoms with Crippen molar-refractivity contribution in [2.45, 2.75) is 40.0 Å². The fourth-order valence-electron chi connectivity index (χ4n) is 0.907. The smallest absolute Gasteiger partial charge is 0.0943 e.